The van der Waals surface area contributed by atoms with E-state index in [1.165, 1.54) is 24.3 Å². The highest BCUT2D eigenvalue weighted by atomic mass is 35.5. The molecule has 4 rings (SSSR count). The van der Waals surface area contributed by atoms with E-state index in [1.54, 1.807) is 18.2 Å². The van der Waals surface area contributed by atoms with Crippen molar-refractivity contribution in [2.45, 2.75) is 25.3 Å². The van der Waals surface area contributed by atoms with Crippen LogP contribution in [-0.2, 0) is 9.59 Å². The van der Waals surface area contributed by atoms with Crippen LogP contribution in [0.3, 0.4) is 0 Å². The molecule has 2 aromatic carbocycles. The molecule has 1 amide bonds. The Labute approximate surface area is 188 Å². The van der Waals surface area contributed by atoms with E-state index in [1.807, 2.05) is 18.2 Å². The number of pyridine rings is 1. The van der Waals surface area contributed by atoms with Crippen molar-refractivity contribution in [1.29, 1.82) is 0 Å². The number of aromatic nitrogens is 1. The summed E-state index contributed by atoms with van der Waals surface area (Å²) in [5, 5.41) is 15.6. The number of methoxy groups -OCH3 is 1. The lowest BCUT2D eigenvalue weighted by Gasteiger charge is -2.23. The van der Waals surface area contributed by atoms with Crippen molar-refractivity contribution in [3.05, 3.63) is 70.6 Å². The van der Waals surface area contributed by atoms with Crippen LogP contribution in [0.1, 0.15) is 36.4 Å². The van der Waals surface area contributed by atoms with Gasteiger partial charge in [-0.1, -0.05) is 35.9 Å². The minimum Gasteiger partial charge on any atom is -0.494 e. The maximum atomic E-state index is 13.8. The van der Waals surface area contributed by atoms with Gasteiger partial charge in [-0.05, 0) is 24.3 Å². The van der Waals surface area contributed by atoms with Crippen LogP contribution < -0.4 is 4.74 Å². The number of carbonyl (C=O) groups is 2. The second-order valence-corrected chi connectivity index (χ2v) is 7.67. The quantitative estimate of drug-likeness (QED) is 0.549. The average molecular weight is 456 g/mol. The van der Waals surface area contributed by atoms with Crippen LogP contribution in [0.25, 0.3) is 10.9 Å². The number of para-hydroxylation sites is 1. The topological polar surface area (TPSA) is 92.1 Å². The van der Waals surface area contributed by atoms with Crippen molar-refractivity contribution in [1.82, 2.24) is 9.99 Å². The number of hydrazone groups is 1. The molecule has 1 atom stereocenters. The molecule has 7 nitrogen and oxygen atoms in total. The predicted molar refractivity (Wildman–Crippen MR) is 117 cm³/mol. The van der Waals surface area contributed by atoms with Gasteiger partial charge in [0.2, 0.25) is 5.91 Å². The number of aliphatic carboxylic acids is 1. The Kier molecular flexibility index (Phi) is 6.05. The number of rotatable bonds is 6. The van der Waals surface area contributed by atoms with Gasteiger partial charge >= 0.3 is 5.97 Å². The van der Waals surface area contributed by atoms with E-state index in [2.05, 4.69) is 10.1 Å². The summed E-state index contributed by atoms with van der Waals surface area (Å²) >= 11 is 6.52. The molecule has 0 aliphatic carbocycles. The van der Waals surface area contributed by atoms with Crippen LogP contribution in [-0.4, -0.2) is 39.8 Å². The Morgan fingerprint density at radius 1 is 1.22 bits per heavy atom. The normalized spacial score (nSPS) is 15.7. The number of nitrogens with zero attached hydrogens (tertiary/aromatic N) is 3. The number of halogens is 2. The first-order chi connectivity index (χ1) is 15.4. The summed E-state index contributed by atoms with van der Waals surface area (Å²) in [5.74, 6) is -1.41. The van der Waals surface area contributed by atoms with Crippen LogP contribution in [0, 0.1) is 5.82 Å². The summed E-state index contributed by atoms with van der Waals surface area (Å²) < 4.78 is 19.1. The molecule has 164 valence electrons. The highest BCUT2D eigenvalue weighted by molar-refractivity contribution is 6.30. The number of ether oxygens (including phenoxy) is 1. The van der Waals surface area contributed by atoms with Crippen molar-refractivity contribution in [3.8, 4) is 5.75 Å². The minimum absolute atomic E-state index is 0.179. The molecule has 9 heteroatoms. The van der Waals surface area contributed by atoms with Gasteiger partial charge in [-0.15, -0.1) is 0 Å². The van der Waals surface area contributed by atoms with Crippen LogP contribution in [0.4, 0.5) is 4.39 Å². The Balaban J connectivity index is 1.76. The van der Waals surface area contributed by atoms with E-state index in [-0.39, 0.29) is 24.4 Å². The highest BCUT2D eigenvalue weighted by Crippen LogP contribution is 2.38. The van der Waals surface area contributed by atoms with Crippen LogP contribution in [0.2, 0.25) is 5.15 Å². The van der Waals surface area contributed by atoms with Gasteiger partial charge in [0.25, 0.3) is 0 Å². The van der Waals surface area contributed by atoms with E-state index in [0.29, 0.717) is 28.1 Å². The van der Waals surface area contributed by atoms with Gasteiger partial charge in [-0.2, -0.15) is 5.10 Å². The van der Waals surface area contributed by atoms with E-state index < -0.39 is 23.7 Å². The van der Waals surface area contributed by atoms with Gasteiger partial charge in [-0.25, -0.2) is 14.4 Å². The molecule has 1 N–H and O–H groups in total. The average Bonchev–Trinajstić information content (AvgIpc) is 3.22. The molecule has 1 aliphatic rings. The van der Waals surface area contributed by atoms with Gasteiger partial charge in [-0.3, -0.25) is 9.59 Å². The van der Waals surface area contributed by atoms with Crippen molar-refractivity contribution in [2.24, 2.45) is 5.10 Å². The molecule has 0 saturated carbocycles. The third-order valence-electron chi connectivity index (χ3n) is 5.24. The molecule has 3 aromatic rings. The Morgan fingerprint density at radius 2 is 2.00 bits per heavy atom. The van der Waals surface area contributed by atoms with Crippen molar-refractivity contribution in [2.75, 3.05) is 7.11 Å². The van der Waals surface area contributed by atoms with E-state index in [9.17, 15) is 14.0 Å². The molecule has 2 heterocycles. The van der Waals surface area contributed by atoms with E-state index in [0.717, 1.165) is 5.39 Å². The number of carboxylic acids is 1. The number of benzene rings is 2. The Morgan fingerprint density at radius 3 is 2.72 bits per heavy atom. The third kappa shape index (κ3) is 4.27. The summed E-state index contributed by atoms with van der Waals surface area (Å²) in [6.45, 7) is 0. The number of fused-ring (bicyclic) bond motifs is 1. The van der Waals surface area contributed by atoms with E-state index in [4.69, 9.17) is 21.4 Å². The fourth-order valence-electron chi connectivity index (χ4n) is 3.72. The number of amides is 1. The molecule has 1 aromatic heterocycles. The van der Waals surface area contributed by atoms with E-state index >= 15 is 0 Å². The zero-order valence-electron chi connectivity index (χ0n) is 17.1. The number of hydrogen-bond acceptors (Lipinski definition) is 5. The highest BCUT2D eigenvalue weighted by Gasteiger charge is 2.35. The van der Waals surface area contributed by atoms with Gasteiger partial charge in [0.15, 0.2) is 0 Å². The summed E-state index contributed by atoms with van der Waals surface area (Å²) in [6.07, 6.45) is -0.273. The molecule has 0 radical (unpaired) electrons. The summed E-state index contributed by atoms with van der Waals surface area (Å²) in [7, 11) is 1.54. The second kappa shape index (κ2) is 8.92. The molecule has 1 aliphatic heterocycles. The molecule has 0 saturated heterocycles. The van der Waals surface area contributed by atoms with Crippen molar-refractivity contribution >= 4 is 40.1 Å². The second-order valence-electron chi connectivity index (χ2n) is 7.31. The molecule has 32 heavy (non-hydrogen) atoms. The first kappa shape index (κ1) is 21.7. The van der Waals surface area contributed by atoms with Crippen LogP contribution in [0.5, 0.6) is 5.75 Å². The summed E-state index contributed by atoms with van der Waals surface area (Å²) in [6, 6.07) is 12.6. The predicted octanol–water partition coefficient (Wildman–Crippen LogP) is 4.58. The fraction of sp³-hybridized carbons (Fsp3) is 0.217. The number of carbonyl (C=O) groups excluding carboxylic acids is 1. The lowest BCUT2D eigenvalue weighted by atomic mass is 9.98. The first-order valence-electron chi connectivity index (χ1n) is 9.88. The molecular weight excluding hydrogens is 437 g/mol. The lowest BCUT2D eigenvalue weighted by molar-refractivity contribution is -0.141. The molecule has 0 unspecified atom stereocenters. The number of hydrogen-bond donors (Lipinski definition) is 1. The van der Waals surface area contributed by atoms with Crippen LogP contribution >= 0.6 is 11.6 Å². The number of carboxylic acid groups (broad SMARTS) is 1. The lowest BCUT2D eigenvalue weighted by Crippen LogP contribution is -2.27. The summed E-state index contributed by atoms with van der Waals surface area (Å²) in [4.78, 5) is 28.3. The largest absolute Gasteiger partial charge is 0.494 e. The fourth-order valence-corrected chi connectivity index (χ4v) is 3.98. The maximum absolute atomic E-state index is 13.8. The monoisotopic (exact) mass is 455 g/mol. The van der Waals surface area contributed by atoms with Crippen LogP contribution in [0.15, 0.2) is 53.6 Å². The zero-order valence-corrected chi connectivity index (χ0v) is 17.8. The Bertz CT molecular complexity index is 1250. The summed E-state index contributed by atoms with van der Waals surface area (Å²) in [5.41, 5.74) is 2.18. The first-order valence-corrected chi connectivity index (χ1v) is 10.3. The van der Waals surface area contributed by atoms with Gasteiger partial charge in [0, 0.05) is 29.4 Å². The standard InChI is InChI=1S/C23H19ClFN3O4/c1-32-19-7-3-5-14-11-16(23(24)26-22(14)19)18-12-17(13-4-2-6-15(25)10-13)27-28(18)20(29)8-9-21(30)31/h2-7,10-11,18H,8-9,12H2,1H3,(H,30,31)/t18-/m1/s1. The van der Waals surface area contributed by atoms with Crippen molar-refractivity contribution < 1.29 is 23.8 Å². The molecule has 0 spiro atoms. The van der Waals surface area contributed by atoms with Gasteiger partial charge in [0.05, 0.1) is 25.3 Å². The molecular formula is C23H19ClFN3O4. The van der Waals surface area contributed by atoms with Crippen molar-refractivity contribution in [3.63, 3.8) is 0 Å². The SMILES string of the molecule is COc1cccc2cc([C@H]3CC(c4cccc(F)c4)=NN3C(=O)CCC(=O)O)c(Cl)nc12. The zero-order chi connectivity index (χ0) is 22.8. The smallest absolute Gasteiger partial charge is 0.303 e. The Hall–Kier alpha value is -3.52. The maximum Gasteiger partial charge on any atom is 0.303 e. The van der Waals surface area contributed by atoms with Gasteiger partial charge < -0.3 is 9.84 Å². The molecule has 0 fully saturated rings. The third-order valence-corrected chi connectivity index (χ3v) is 5.55. The molecule has 0 bridgehead atoms. The minimum atomic E-state index is -1.08. The van der Waals surface area contributed by atoms with Gasteiger partial charge in [0.1, 0.15) is 22.2 Å².